The molecule has 0 bridgehead atoms. The zero-order valence-corrected chi connectivity index (χ0v) is 19.8. The van der Waals surface area contributed by atoms with E-state index in [1.807, 2.05) is 20.8 Å². The van der Waals surface area contributed by atoms with Gasteiger partial charge in [-0.05, 0) is 31.6 Å². The van der Waals surface area contributed by atoms with Crippen molar-refractivity contribution in [1.29, 1.82) is 0 Å². The number of rotatable bonds is 15. The first-order chi connectivity index (χ1) is 15.2. The molecule has 8 N–H and O–H groups in total. The molecule has 0 saturated heterocycles. The van der Waals surface area contributed by atoms with Crippen LogP contribution >= 0.6 is 0 Å². The van der Waals surface area contributed by atoms with Crippen molar-refractivity contribution in [2.75, 3.05) is 0 Å². The van der Waals surface area contributed by atoms with Crippen LogP contribution in [0.25, 0.3) is 0 Å². The number of aliphatic hydroxyl groups excluding tert-OH is 1. The molecule has 0 saturated carbocycles. The van der Waals surface area contributed by atoms with E-state index >= 15 is 0 Å². The van der Waals surface area contributed by atoms with Crippen LogP contribution in [0.1, 0.15) is 60.3 Å². The van der Waals surface area contributed by atoms with Crippen molar-refractivity contribution in [3.63, 3.8) is 0 Å². The van der Waals surface area contributed by atoms with Crippen LogP contribution in [-0.4, -0.2) is 75.3 Å². The summed E-state index contributed by atoms with van der Waals surface area (Å²) in [6.45, 7) is 8.50. The van der Waals surface area contributed by atoms with Gasteiger partial charge in [0.25, 0.3) is 0 Å². The molecule has 0 aliphatic heterocycles. The molecule has 0 aromatic carbocycles. The number of carboxylic acid groups (broad SMARTS) is 2. The Balaban J connectivity index is 5.60. The fraction of sp³-hybridized carbons (Fsp3) is 0.762. The molecule has 0 radical (unpaired) electrons. The van der Waals surface area contributed by atoms with E-state index in [-0.39, 0.29) is 24.7 Å². The molecule has 12 heteroatoms. The van der Waals surface area contributed by atoms with Crippen LogP contribution in [0.2, 0.25) is 0 Å². The lowest BCUT2D eigenvalue weighted by molar-refractivity contribution is -0.145. The topological polar surface area (TPSA) is 208 Å². The van der Waals surface area contributed by atoms with Gasteiger partial charge in [0, 0.05) is 6.42 Å². The van der Waals surface area contributed by atoms with E-state index in [4.69, 9.17) is 15.9 Å². The van der Waals surface area contributed by atoms with Crippen molar-refractivity contribution in [1.82, 2.24) is 16.0 Å². The Morgan fingerprint density at radius 1 is 0.848 bits per heavy atom. The van der Waals surface area contributed by atoms with Crippen LogP contribution in [0.3, 0.4) is 0 Å². The maximum Gasteiger partial charge on any atom is 0.328 e. The van der Waals surface area contributed by atoms with E-state index in [1.54, 1.807) is 6.92 Å². The molecule has 33 heavy (non-hydrogen) atoms. The highest BCUT2D eigenvalue weighted by Crippen LogP contribution is 2.10. The average Bonchev–Trinajstić information content (AvgIpc) is 2.71. The average molecular weight is 475 g/mol. The quantitative estimate of drug-likeness (QED) is 0.158. The van der Waals surface area contributed by atoms with Gasteiger partial charge >= 0.3 is 11.9 Å². The molecular formula is C21H38N4O8. The maximum absolute atomic E-state index is 12.9. The summed E-state index contributed by atoms with van der Waals surface area (Å²) in [5, 5.41) is 34.8. The van der Waals surface area contributed by atoms with E-state index in [1.165, 1.54) is 6.92 Å². The van der Waals surface area contributed by atoms with E-state index in [2.05, 4.69) is 16.0 Å². The zero-order valence-electron chi connectivity index (χ0n) is 19.8. The highest BCUT2D eigenvalue weighted by molar-refractivity contribution is 5.94. The largest absolute Gasteiger partial charge is 0.481 e. The lowest BCUT2D eigenvalue weighted by Gasteiger charge is -2.27. The van der Waals surface area contributed by atoms with Gasteiger partial charge in [0.1, 0.15) is 12.1 Å². The van der Waals surface area contributed by atoms with Gasteiger partial charge in [-0.15, -0.1) is 0 Å². The Hall–Kier alpha value is -2.73. The molecule has 0 aliphatic rings. The van der Waals surface area contributed by atoms with Crippen molar-refractivity contribution in [2.45, 2.75) is 90.6 Å². The third-order valence-electron chi connectivity index (χ3n) is 5.23. The smallest absolute Gasteiger partial charge is 0.328 e. The number of aliphatic hydroxyl groups is 1. The molecule has 0 heterocycles. The standard InChI is InChI=1S/C21H38N4O8/c1-6-11(4)16(22)20(31)24-14(9-10(2)3)19(30)23-13(7-8-15(27)28)18(29)25-17(12(5)26)21(32)33/h10-14,16-17,26H,6-9,22H2,1-5H3,(H,23,30)(H,24,31)(H,25,29)(H,27,28)(H,32,33). The molecule has 0 aromatic rings. The van der Waals surface area contributed by atoms with Gasteiger partial charge in [-0.25, -0.2) is 4.79 Å². The van der Waals surface area contributed by atoms with Crippen molar-refractivity contribution in [3.8, 4) is 0 Å². The van der Waals surface area contributed by atoms with Gasteiger partial charge in [-0.3, -0.25) is 19.2 Å². The fourth-order valence-electron chi connectivity index (χ4n) is 2.93. The van der Waals surface area contributed by atoms with Gasteiger partial charge in [0.15, 0.2) is 6.04 Å². The Kier molecular flexibility index (Phi) is 13.2. The second kappa shape index (κ2) is 14.4. The second-order valence-electron chi connectivity index (χ2n) is 8.66. The predicted molar refractivity (Wildman–Crippen MR) is 119 cm³/mol. The van der Waals surface area contributed by atoms with E-state index < -0.39 is 66.4 Å². The van der Waals surface area contributed by atoms with E-state index in [0.29, 0.717) is 6.42 Å². The lowest BCUT2D eigenvalue weighted by Crippen LogP contribution is -2.58. The number of hydrogen-bond donors (Lipinski definition) is 7. The molecule has 0 spiro atoms. The summed E-state index contributed by atoms with van der Waals surface area (Å²) in [4.78, 5) is 60.3. The Labute approximate surface area is 193 Å². The van der Waals surface area contributed by atoms with Crippen molar-refractivity contribution >= 4 is 29.7 Å². The minimum Gasteiger partial charge on any atom is -0.481 e. The van der Waals surface area contributed by atoms with Crippen LogP contribution < -0.4 is 21.7 Å². The summed E-state index contributed by atoms with van der Waals surface area (Å²) in [5.41, 5.74) is 5.94. The summed E-state index contributed by atoms with van der Waals surface area (Å²) in [7, 11) is 0. The Morgan fingerprint density at radius 2 is 1.36 bits per heavy atom. The van der Waals surface area contributed by atoms with Gasteiger partial charge < -0.3 is 37.0 Å². The molecule has 0 fully saturated rings. The van der Waals surface area contributed by atoms with Crippen LogP contribution in [0, 0.1) is 11.8 Å². The summed E-state index contributed by atoms with van der Waals surface area (Å²) in [6.07, 6.45) is -1.36. The molecule has 0 rings (SSSR count). The van der Waals surface area contributed by atoms with Crippen molar-refractivity contribution in [2.24, 2.45) is 17.6 Å². The fourth-order valence-corrected chi connectivity index (χ4v) is 2.93. The summed E-state index contributed by atoms with van der Waals surface area (Å²) in [5.74, 6) is -5.10. The Bertz CT molecular complexity index is 698. The third kappa shape index (κ3) is 11.1. The highest BCUT2D eigenvalue weighted by Gasteiger charge is 2.32. The summed E-state index contributed by atoms with van der Waals surface area (Å²) in [6, 6.07) is -4.93. The number of amides is 3. The monoisotopic (exact) mass is 474 g/mol. The number of carbonyl (C=O) groups is 5. The highest BCUT2D eigenvalue weighted by atomic mass is 16.4. The van der Waals surface area contributed by atoms with Gasteiger partial charge in [-0.1, -0.05) is 34.1 Å². The van der Waals surface area contributed by atoms with Crippen LogP contribution in [-0.2, 0) is 24.0 Å². The van der Waals surface area contributed by atoms with Crippen LogP contribution in [0.15, 0.2) is 0 Å². The molecular weight excluding hydrogens is 436 g/mol. The minimum atomic E-state index is -1.65. The molecule has 12 nitrogen and oxygen atoms in total. The number of nitrogens with one attached hydrogen (secondary N) is 3. The first kappa shape index (κ1) is 30.3. The van der Waals surface area contributed by atoms with E-state index in [9.17, 15) is 29.1 Å². The SMILES string of the molecule is CCC(C)C(N)C(=O)NC(CC(C)C)C(=O)NC(CCC(=O)O)C(=O)NC(C(=O)O)C(C)O. The first-order valence-electron chi connectivity index (χ1n) is 11.0. The number of nitrogens with two attached hydrogens (primary N) is 1. The minimum absolute atomic E-state index is 0.0150. The maximum atomic E-state index is 12.9. The number of aliphatic carboxylic acids is 2. The summed E-state index contributed by atoms with van der Waals surface area (Å²) >= 11 is 0. The normalized spacial score (nSPS) is 16.6. The van der Waals surface area contributed by atoms with E-state index in [0.717, 1.165) is 0 Å². The van der Waals surface area contributed by atoms with Crippen LogP contribution in [0.5, 0.6) is 0 Å². The molecule has 3 amide bonds. The third-order valence-corrected chi connectivity index (χ3v) is 5.23. The van der Waals surface area contributed by atoms with Gasteiger partial charge in [0.2, 0.25) is 17.7 Å². The molecule has 190 valence electrons. The lowest BCUT2D eigenvalue weighted by atomic mass is 9.97. The van der Waals surface area contributed by atoms with Crippen LogP contribution in [0.4, 0.5) is 0 Å². The molecule has 0 aliphatic carbocycles. The van der Waals surface area contributed by atoms with Gasteiger partial charge in [-0.2, -0.15) is 0 Å². The van der Waals surface area contributed by atoms with Gasteiger partial charge in [0.05, 0.1) is 12.1 Å². The molecule has 6 unspecified atom stereocenters. The number of hydrogen-bond acceptors (Lipinski definition) is 7. The predicted octanol–water partition coefficient (Wildman–Crippen LogP) is -0.809. The zero-order chi connectivity index (χ0) is 25.9. The second-order valence-corrected chi connectivity index (χ2v) is 8.66. The number of carboxylic acids is 2. The first-order valence-corrected chi connectivity index (χ1v) is 11.0. The summed E-state index contributed by atoms with van der Waals surface area (Å²) < 4.78 is 0. The van der Waals surface area contributed by atoms with Crippen molar-refractivity contribution in [3.05, 3.63) is 0 Å². The Morgan fingerprint density at radius 3 is 1.79 bits per heavy atom. The van der Waals surface area contributed by atoms with Crippen molar-refractivity contribution < 1.29 is 39.3 Å². The number of carbonyl (C=O) groups excluding carboxylic acids is 3. The molecule has 6 atom stereocenters. The molecule has 0 aromatic heterocycles.